The van der Waals surface area contributed by atoms with Crippen LogP contribution >= 0.6 is 11.6 Å². The topological polar surface area (TPSA) is 52.7 Å². The summed E-state index contributed by atoms with van der Waals surface area (Å²) in [5.74, 6) is -0.319. The molecule has 6 heteroatoms. The van der Waals surface area contributed by atoms with Crippen LogP contribution < -0.4 is 10.2 Å². The zero-order valence-corrected chi connectivity index (χ0v) is 16.3. The Kier molecular flexibility index (Phi) is 5.35. The lowest BCUT2D eigenvalue weighted by molar-refractivity contribution is -0.123. The van der Waals surface area contributed by atoms with Crippen LogP contribution in [0.2, 0.25) is 5.02 Å². The predicted molar refractivity (Wildman–Crippen MR) is 111 cm³/mol. The zero-order chi connectivity index (χ0) is 19.5. The van der Waals surface area contributed by atoms with Gasteiger partial charge in [-0.05, 0) is 60.7 Å². The second-order valence-corrected chi connectivity index (χ2v) is 7.58. The largest absolute Gasteiger partial charge is 0.372 e. The summed E-state index contributed by atoms with van der Waals surface area (Å²) in [4.78, 5) is 28.5. The molecule has 0 bridgehead atoms. The van der Waals surface area contributed by atoms with Crippen molar-refractivity contribution in [3.63, 3.8) is 0 Å². The van der Waals surface area contributed by atoms with Gasteiger partial charge in [0.2, 0.25) is 0 Å². The number of anilines is 1. The molecule has 1 N–H and O–H groups in total. The molecule has 0 atom stereocenters. The van der Waals surface area contributed by atoms with Crippen LogP contribution in [0.25, 0.3) is 6.08 Å². The van der Waals surface area contributed by atoms with E-state index in [9.17, 15) is 9.59 Å². The molecule has 2 aromatic rings. The number of carbonyl (C=O) groups is 2. The number of piperidine rings is 1. The molecule has 5 nitrogen and oxygen atoms in total. The predicted octanol–water partition coefficient (Wildman–Crippen LogP) is 4.42. The molecule has 0 saturated carbocycles. The van der Waals surface area contributed by atoms with Crippen LogP contribution in [0, 0.1) is 0 Å². The molecule has 2 aliphatic rings. The van der Waals surface area contributed by atoms with E-state index in [0.717, 1.165) is 24.2 Å². The Hall–Kier alpha value is -2.79. The highest BCUT2D eigenvalue weighted by Crippen LogP contribution is 2.22. The molecular weight excluding hydrogens is 374 g/mol. The van der Waals surface area contributed by atoms with Crippen LogP contribution in [-0.4, -0.2) is 29.9 Å². The van der Waals surface area contributed by atoms with Gasteiger partial charge in [0.15, 0.2) is 0 Å². The van der Waals surface area contributed by atoms with E-state index in [2.05, 4.69) is 22.3 Å². The molecule has 2 heterocycles. The van der Waals surface area contributed by atoms with Gasteiger partial charge in [-0.2, -0.15) is 0 Å². The van der Waals surface area contributed by atoms with Gasteiger partial charge in [-0.3, -0.25) is 9.69 Å². The maximum absolute atomic E-state index is 12.6. The molecule has 2 saturated heterocycles. The number of imide groups is 1. The lowest BCUT2D eigenvalue weighted by Crippen LogP contribution is -2.30. The van der Waals surface area contributed by atoms with Crippen molar-refractivity contribution >= 4 is 35.3 Å². The Morgan fingerprint density at radius 2 is 1.61 bits per heavy atom. The quantitative estimate of drug-likeness (QED) is 0.615. The highest BCUT2D eigenvalue weighted by Gasteiger charge is 2.33. The summed E-state index contributed by atoms with van der Waals surface area (Å²) in [6, 6.07) is 14.8. The Bertz CT molecular complexity index is 900. The van der Waals surface area contributed by atoms with Gasteiger partial charge in [-0.1, -0.05) is 35.9 Å². The first-order valence-corrected chi connectivity index (χ1v) is 9.92. The van der Waals surface area contributed by atoms with Gasteiger partial charge < -0.3 is 10.2 Å². The standard InChI is InChI=1S/C22H22ClN3O2/c23-18-8-4-17(5-9-18)15-26-21(27)20(24-22(26)28)14-16-6-10-19(11-7-16)25-12-2-1-3-13-25/h4-11,14H,1-3,12-13,15H2,(H,24,28). The maximum atomic E-state index is 12.6. The summed E-state index contributed by atoms with van der Waals surface area (Å²) >= 11 is 5.89. The number of hydrogen-bond donors (Lipinski definition) is 1. The van der Waals surface area contributed by atoms with Gasteiger partial charge in [-0.25, -0.2) is 4.79 Å². The molecule has 2 aliphatic heterocycles. The van der Waals surface area contributed by atoms with Crippen LogP contribution in [0.4, 0.5) is 10.5 Å². The summed E-state index contributed by atoms with van der Waals surface area (Å²) in [5, 5.41) is 3.29. The SMILES string of the molecule is O=C1NC(=Cc2ccc(N3CCCCC3)cc2)C(=O)N1Cc1ccc(Cl)cc1. The fraction of sp³-hybridized carbons (Fsp3) is 0.273. The van der Waals surface area contributed by atoms with Crippen LogP contribution in [-0.2, 0) is 11.3 Å². The smallest absolute Gasteiger partial charge is 0.329 e. The van der Waals surface area contributed by atoms with Crippen molar-refractivity contribution in [2.24, 2.45) is 0 Å². The Morgan fingerprint density at radius 3 is 2.29 bits per heavy atom. The fourth-order valence-electron chi connectivity index (χ4n) is 3.59. The molecule has 4 rings (SSSR count). The van der Waals surface area contributed by atoms with E-state index >= 15 is 0 Å². The van der Waals surface area contributed by atoms with Gasteiger partial charge in [0, 0.05) is 23.8 Å². The van der Waals surface area contributed by atoms with Crippen molar-refractivity contribution in [2.45, 2.75) is 25.8 Å². The molecule has 0 radical (unpaired) electrons. The van der Waals surface area contributed by atoms with E-state index in [-0.39, 0.29) is 12.5 Å². The van der Waals surface area contributed by atoms with Crippen LogP contribution in [0.15, 0.2) is 54.2 Å². The minimum absolute atomic E-state index is 0.215. The van der Waals surface area contributed by atoms with E-state index < -0.39 is 6.03 Å². The van der Waals surface area contributed by atoms with Crippen molar-refractivity contribution in [1.29, 1.82) is 0 Å². The normalized spacial score (nSPS) is 18.7. The molecule has 2 aromatic carbocycles. The highest BCUT2D eigenvalue weighted by atomic mass is 35.5. The third-order valence-corrected chi connectivity index (χ3v) is 5.39. The Labute approximate surface area is 169 Å². The first-order chi connectivity index (χ1) is 13.6. The van der Waals surface area contributed by atoms with E-state index in [1.807, 2.05) is 24.3 Å². The van der Waals surface area contributed by atoms with Gasteiger partial charge in [0.25, 0.3) is 5.91 Å². The molecule has 144 valence electrons. The summed E-state index contributed by atoms with van der Waals surface area (Å²) in [5.41, 5.74) is 3.23. The summed E-state index contributed by atoms with van der Waals surface area (Å²) in [6.45, 7) is 2.40. The molecule has 28 heavy (non-hydrogen) atoms. The fourth-order valence-corrected chi connectivity index (χ4v) is 3.71. The Balaban J connectivity index is 1.46. The number of urea groups is 1. The number of carbonyl (C=O) groups excluding carboxylic acids is 2. The van der Waals surface area contributed by atoms with Crippen molar-refractivity contribution < 1.29 is 9.59 Å². The maximum Gasteiger partial charge on any atom is 0.329 e. The number of nitrogens with one attached hydrogen (secondary N) is 1. The van der Waals surface area contributed by atoms with Crippen LogP contribution in [0.3, 0.4) is 0 Å². The lowest BCUT2D eigenvalue weighted by Gasteiger charge is -2.28. The van der Waals surface area contributed by atoms with Crippen molar-refractivity contribution in [3.05, 3.63) is 70.4 Å². The first-order valence-electron chi connectivity index (χ1n) is 9.54. The average Bonchev–Trinajstić information content (AvgIpc) is 2.98. The van der Waals surface area contributed by atoms with Gasteiger partial charge in [-0.15, -0.1) is 0 Å². The number of halogens is 1. The van der Waals surface area contributed by atoms with Crippen LogP contribution in [0.5, 0.6) is 0 Å². The highest BCUT2D eigenvalue weighted by molar-refractivity contribution is 6.30. The molecule has 0 spiro atoms. The van der Waals surface area contributed by atoms with Gasteiger partial charge in [0.05, 0.1) is 6.54 Å². The molecule has 0 aromatic heterocycles. The van der Waals surface area contributed by atoms with Crippen molar-refractivity contribution in [2.75, 3.05) is 18.0 Å². The zero-order valence-electron chi connectivity index (χ0n) is 15.5. The number of hydrogen-bond acceptors (Lipinski definition) is 3. The molecular formula is C22H22ClN3O2. The molecule has 2 fully saturated rings. The third-order valence-electron chi connectivity index (χ3n) is 5.14. The molecule has 3 amide bonds. The van der Waals surface area contributed by atoms with E-state index in [0.29, 0.717) is 10.7 Å². The monoisotopic (exact) mass is 395 g/mol. The van der Waals surface area contributed by atoms with Gasteiger partial charge in [0.1, 0.15) is 5.70 Å². The van der Waals surface area contributed by atoms with E-state index in [1.54, 1.807) is 18.2 Å². The summed E-state index contributed by atoms with van der Waals surface area (Å²) < 4.78 is 0. The number of amides is 3. The second-order valence-electron chi connectivity index (χ2n) is 7.15. The number of rotatable bonds is 4. The second kappa shape index (κ2) is 8.07. The summed E-state index contributed by atoms with van der Waals surface area (Å²) in [7, 11) is 0. The summed E-state index contributed by atoms with van der Waals surface area (Å²) in [6.07, 6.45) is 5.49. The number of benzene rings is 2. The lowest BCUT2D eigenvalue weighted by atomic mass is 10.1. The van der Waals surface area contributed by atoms with E-state index in [1.165, 1.54) is 29.8 Å². The minimum atomic E-state index is -0.406. The molecule has 0 unspecified atom stereocenters. The van der Waals surface area contributed by atoms with Crippen molar-refractivity contribution in [1.82, 2.24) is 10.2 Å². The third kappa shape index (κ3) is 4.04. The molecule has 0 aliphatic carbocycles. The average molecular weight is 396 g/mol. The van der Waals surface area contributed by atoms with Crippen LogP contribution in [0.1, 0.15) is 30.4 Å². The van der Waals surface area contributed by atoms with Gasteiger partial charge >= 0.3 is 6.03 Å². The number of nitrogens with zero attached hydrogens (tertiary/aromatic N) is 2. The van der Waals surface area contributed by atoms with Crippen molar-refractivity contribution in [3.8, 4) is 0 Å². The van der Waals surface area contributed by atoms with E-state index in [4.69, 9.17) is 11.6 Å². The first kappa shape index (κ1) is 18.6. The minimum Gasteiger partial charge on any atom is -0.372 e. The Morgan fingerprint density at radius 1 is 0.929 bits per heavy atom.